The van der Waals surface area contributed by atoms with E-state index in [9.17, 15) is 9.59 Å². The zero-order chi connectivity index (χ0) is 23.0. The second kappa shape index (κ2) is 8.10. The summed E-state index contributed by atoms with van der Waals surface area (Å²) >= 11 is 0. The van der Waals surface area contributed by atoms with Crippen molar-refractivity contribution in [2.24, 2.45) is 0 Å². The van der Waals surface area contributed by atoms with Crippen LogP contribution in [0, 0.1) is 0 Å². The van der Waals surface area contributed by atoms with Gasteiger partial charge in [-0.2, -0.15) is 4.52 Å². The molecule has 0 spiro atoms. The third kappa shape index (κ3) is 4.08. The monoisotopic (exact) mass is 439 g/mol. The summed E-state index contributed by atoms with van der Waals surface area (Å²) in [6.07, 6.45) is 2.37. The second-order valence-corrected chi connectivity index (χ2v) is 8.56. The number of likely N-dealkylation sites (tertiary alicyclic amines) is 1. The van der Waals surface area contributed by atoms with Crippen molar-refractivity contribution in [3.8, 4) is 5.88 Å². The first kappa shape index (κ1) is 21.5. The number of fused-ring (bicyclic) bond motifs is 3. The van der Waals surface area contributed by atoms with Crippen molar-refractivity contribution in [1.29, 1.82) is 0 Å². The lowest BCUT2D eigenvalue weighted by atomic mass is 10.1. The number of amides is 1. The molecule has 3 heterocycles. The fraction of sp³-hybridized carbons (Fsp3) is 0.409. The van der Waals surface area contributed by atoms with E-state index in [0.29, 0.717) is 11.5 Å². The number of methoxy groups -OCH3 is 1. The highest BCUT2D eigenvalue weighted by molar-refractivity contribution is 5.97. The number of rotatable bonds is 4. The maximum atomic E-state index is 12.7. The van der Waals surface area contributed by atoms with Gasteiger partial charge in [-0.15, -0.1) is 15.3 Å². The van der Waals surface area contributed by atoms with E-state index in [4.69, 9.17) is 14.2 Å². The van der Waals surface area contributed by atoms with Gasteiger partial charge in [-0.3, -0.25) is 4.90 Å². The molecule has 2 aromatic heterocycles. The van der Waals surface area contributed by atoms with Crippen LogP contribution in [0.5, 0.6) is 5.88 Å². The summed E-state index contributed by atoms with van der Waals surface area (Å²) in [4.78, 5) is 26.4. The van der Waals surface area contributed by atoms with Crippen LogP contribution in [-0.4, -0.2) is 68.2 Å². The predicted octanol–water partition coefficient (Wildman–Crippen LogP) is 2.85. The summed E-state index contributed by atoms with van der Waals surface area (Å²) < 4.78 is 18.1. The van der Waals surface area contributed by atoms with Crippen molar-refractivity contribution in [3.63, 3.8) is 0 Å². The number of carbonyl (C=O) groups excluding carboxylic acids is 2. The summed E-state index contributed by atoms with van der Waals surface area (Å²) in [6.45, 7) is 9.27. The average Bonchev–Trinajstić information content (AvgIpc) is 3.39. The molecule has 1 aliphatic heterocycles. The lowest BCUT2D eigenvalue weighted by Crippen LogP contribution is -2.44. The molecule has 1 aromatic carbocycles. The highest BCUT2D eigenvalue weighted by Gasteiger charge is 2.43. The molecular formula is C22H25N5O5. The smallest absolute Gasteiger partial charge is 0.411 e. The summed E-state index contributed by atoms with van der Waals surface area (Å²) in [6, 6.07) is 4.91. The fourth-order valence-electron chi connectivity index (χ4n) is 3.70. The minimum Gasteiger partial charge on any atom is -0.471 e. The van der Waals surface area contributed by atoms with Gasteiger partial charge in [0.15, 0.2) is 5.65 Å². The zero-order valence-corrected chi connectivity index (χ0v) is 18.4. The number of ether oxygens (including phenoxy) is 3. The Morgan fingerprint density at radius 2 is 2.03 bits per heavy atom. The van der Waals surface area contributed by atoms with E-state index in [-0.39, 0.29) is 13.0 Å². The van der Waals surface area contributed by atoms with Crippen LogP contribution in [0.1, 0.15) is 32.8 Å². The predicted molar refractivity (Wildman–Crippen MR) is 116 cm³/mol. The van der Waals surface area contributed by atoms with Gasteiger partial charge in [-0.05, 0) is 38.5 Å². The van der Waals surface area contributed by atoms with Gasteiger partial charge < -0.3 is 14.2 Å². The van der Waals surface area contributed by atoms with E-state index in [1.54, 1.807) is 26.8 Å². The number of aromatic nitrogens is 4. The first-order valence-corrected chi connectivity index (χ1v) is 10.2. The lowest BCUT2D eigenvalue weighted by molar-refractivity contribution is -0.145. The standard InChI is InChI=1S/C22H25N5O5/c1-6-13-7-8-15-16(9-13)19(25-27-12-23-24-18(15)27)31-14-10-17(20(28)30-5)26(11-14)21(29)32-22(2,3)4/h6-9,12,14,17H,1,10-11H2,2-5H3/t14-,17+/m1/s1. The molecule has 4 rings (SSSR count). The molecule has 2 atom stereocenters. The van der Waals surface area contributed by atoms with E-state index < -0.39 is 29.8 Å². The first-order chi connectivity index (χ1) is 15.2. The molecule has 0 saturated carbocycles. The molecule has 0 bridgehead atoms. The molecule has 1 fully saturated rings. The highest BCUT2D eigenvalue weighted by Crippen LogP contribution is 2.31. The van der Waals surface area contributed by atoms with Crippen molar-refractivity contribution in [3.05, 3.63) is 36.7 Å². The Morgan fingerprint density at radius 3 is 2.72 bits per heavy atom. The number of benzene rings is 1. The largest absolute Gasteiger partial charge is 0.471 e. The van der Waals surface area contributed by atoms with Crippen LogP contribution < -0.4 is 4.74 Å². The van der Waals surface area contributed by atoms with Crippen molar-refractivity contribution in [2.45, 2.75) is 44.9 Å². The maximum Gasteiger partial charge on any atom is 0.411 e. The SMILES string of the molecule is C=Cc1ccc2c(c1)c(O[C@@H]1C[C@@H](C(=O)OC)N(C(=O)OC(C)(C)C)C1)nn1cnnc21. The van der Waals surface area contributed by atoms with Crippen molar-refractivity contribution >= 4 is 34.6 Å². The first-order valence-electron chi connectivity index (χ1n) is 10.2. The van der Waals surface area contributed by atoms with Gasteiger partial charge in [-0.25, -0.2) is 9.59 Å². The van der Waals surface area contributed by atoms with Gasteiger partial charge in [0, 0.05) is 17.2 Å². The molecule has 10 nitrogen and oxygen atoms in total. The number of hydrogen-bond donors (Lipinski definition) is 0. The molecule has 32 heavy (non-hydrogen) atoms. The van der Waals surface area contributed by atoms with Gasteiger partial charge in [0.1, 0.15) is 24.1 Å². The third-order valence-corrected chi connectivity index (χ3v) is 5.12. The van der Waals surface area contributed by atoms with Crippen LogP contribution in [0.25, 0.3) is 22.5 Å². The third-order valence-electron chi connectivity index (χ3n) is 5.12. The Hall–Kier alpha value is -3.69. The Balaban J connectivity index is 1.67. The van der Waals surface area contributed by atoms with Crippen molar-refractivity contribution in [1.82, 2.24) is 24.7 Å². The minimum atomic E-state index is -0.812. The van der Waals surface area contributed by atoms with Gasteiger partial charge in [0.05, 0.1) is 13.7 Å². The van der Waals surface area contributed by atoms with Crippen LogP contribution >= 0.6 is 0 Å². The molecule has 0 aliphatic carbocycles. The molecule has 1 amide bonds. The Morgan fingerprint density at radius 1 is 1.25 bits per heavy atom. The van der Waals surface area contributed by atoms with Gasteiger partial charge in [0.25, 0.3) is 0 Å². The molecule has 1 saturated heterocycles. The quantitative estimate of drug-likeness (QED) is 0.571. The van der Waals surface area contributed by atoms with Gasteiger partial charge >= 0.3 is 12.1 Å². The zero-order valence-electron chi connectivity index (χ0n) is 18.4. The number of carbonyl (C=O) groups is 2. The molecule has 1 aliphatic rings. The van der Waals surface area contributed by atoms with E-state index in [2.05, 4.69) is 21.9 Å². The van der Waals surface area contributed by atoms with Crippen LogP contribution in [0.3, 0.4) is 0 Å². The van der Waals surface area contributed by atoms with E-state index >= 15 is 0 Å². The normalized spacial score (nSPS) is 18.7. The van der Waals surface area contributed by atoms with Crippen LogP contribution in [0.2, 0.25) is 0 Å². The van der Waals surface area contributed by atoms with Crippen molar-refractivity contribution in [2.75, 3.05) is 13.7 Å². The molecule has 10 heteroatoms. The Kier molecular flexibility index (Phi) is 5.45. The highest BCUT2D eigenvalue weighted by atomic mass is 16.6. The van der Waals surface area contributed by atoms with E-state index in [1.807, 2.05) is 18.2 Å². The minimum absolute atomic E-state index is 0.152. The number of hydrogen-bond acceptors (Lipinski definition) is 8. The Labute approximate surface area is 184 Å². The van der Waals surface area contributed by atoms with Crippen LogP contribution in [-0.2, 0) is 14.3 Å². The number of nitrogens with zero attached hydrogens (tertiary/aromatic N) is 5. The summed E-state index contributed by atoms with van der Waals surface area (Å²) in [5.74, 6) is -0.182. The van der Waals surface area contributed by atoms with Gasteiger partial charge in [0.2, 0.25) is 5.88 Å². The maximum absolute atomic E-state index is 12.7. The molecular weight excluding hydrogens is 414 g/mol. The summed E-state index contributed by atoms with van der Waals surface area (Å²) in [5.41, 5.74) is 0.786. The lowest BCUT2D eigenvalue weighted by Gasteiger charge is -2.27. The topological polar surface area (TPSA) is 108 Å². The molecule has 3 aromatic rings. The molecule has 0 radical (unpaired) electrons. The fourth-order valence-corrected chi connectivity index (χ4v) is 3.70. The van der Waals surface area contributed by atoms with E-state index in [0.717, 1.165) is 16.3 Å². The van der Waals surface area contributed by atoms with Crippen LogP contribution in [0.15, 0.2) is 31.1 Å². The summed E-state index contributed by atoms with van der Waals surface area (Å²) in [7, 11) is 1.29. The molecule has 0 N–H and O–H groups in total. The van der Waals surface area contributed by atoms with Crippen LogP contribution in [0.4, 0.5) is 4.79 Å². The van der Waals surface area contributed by atoms with Crippen molar-refractivity contribution < 1.29 is 23.8 Å². The number of esters is 1. The summed E-state index contributed by atoms with van der Waals surface area (Å²) in [5, 5.41) is 14.1. The molecule has 168 valence electrons. The molecule has 0 unspecified atom stereocenters. The van der Waals surface area contributed by atoms with Gasteiger partial charge in [-0.1, -0.05) is 18.7 Å². The van der Waals surface area contributed by atoms with E-state index in [1.165, 1.54) is 22.9 Å². The average molecular weight is 439 g/mol. The Bertz CT molecular complexity index is 1200. The second-order valence-electron chi connectivity index (χ2n) is 8.56.